The molecule has 1 N–H and O–H groups in total. The van der Waals surface area contributed by atoms with Crippen molar-refractivity contribution >= 4 is 27.9 Å². The van der Waals surface area contributed by atoms with Crippen LogP contribution < -0.4 is 0 Å². The predicted molar refractivity (Wildman–Crippen MR) is 290 cm³/mol. The largest absolute Gasteiger partial charge is 0.507 e. The fourth-order valence-electron chi connectivity index (χ4n) is 9.46. The molecule has 0 bridgehead atoms. The molecule has 0 heterocycles. The number of phenols is 1. The monoisotopic (exact) mass is 963 g/mol. The van der Waals surface area contributed by atoms with Crippen molar-refractivity contribution in [2.75, 3.05) is 11.5 Å². The molecule has 0 amide bonds. The van der Waals surface area contributed by atoms with Crippen molar-refractivity contribution in [2.45, 2.75) is 311 Å². The summed E-state index contributed by atoms with van der Waals surface area (Å²) in [5.74, 6) is -0.717. The molecule has 8 heteroatoms. The van der Waals surface area contributed by atoms with Crippen molar-refractivity contribution in [3.05, 3.63) is 28.8 Å². The first-order chi connectivity index (χ1) is 32.0. The van der Waals surface area contributed by atoms with E-state index in [1.807, 2.05) is 12.1 Å². The maximum atomic E-state index is 14.3. The average molecular weight is 964 g/mol. The highest BCUT2D eigenvalue weighted by atomic mass is 32.3. The van der Waals surface area contributed by atoms with Crippen molar-refractivity contribution < 1.29 is 32.0 Å². The molecule has 1 aromatic carbocycles. The number of thiol groups is 1. The number of carbonyl (C=O) groups excluding carboxylic acids is 3. The van der Waals surface area contributed by atoms with Gasteiger partial charge in [-0.2, -0.15) is 0 Å². The Hall–Kier alpha value is -2.22. The number of phenolic OH excluding ortho intramolecular Hbond substituents is 1. The molecule has 0 radical (unpaired) electrons. The molecule has 0 spiro atoms. The van der Waals surface area contributed by atoms with E-state index >= 15 is 0 Å². The van der Waals surface area contributed by atoms with Crippen LogP contribution in [0.4, 0.5) is 0 Å². The van der Waals surface area contributed by atoms with E-state index in [1.54, 1.807) is 13.8 Å². The van der Waals surface area contributed by atoms with Crippen molar-refractivity contribution in [1.82, 2.24) is 0 Å². The highest BCUT2D eigenvalue weighted by Gasteiger charge is 2.48. The SMILES string of the molecule is CCCCCCCCCCCCCCCCCC[SH](CCCCCCCCCCCCCCCCCC)(OC(=O)CC)(OC(=O)CC)OC(=O)CCc1cc(C(C)(C)C)c(O)c(C(C)(C)C)c1. The van der Waals surface area contributed by atoms with Crippen LogP contribution in [0.25, 0.3) is 0 Å². The van der Waals surface area contributed by atoms with Crippen LogP contribution >= 0.6 is 10.0 Å². The standard InChI is InChI=1S/C59H110O7S/c1-11-15-17-19-21-23-25-27-29-31-33-35-37-39-41-43-47-67(64-54(60)13-3,65-55(61)14-4,48-44-42-40-38-36-34-32-30-28-26-24-22-20-18-16-12-2)66-56(62)46-45-51-49-52(58(5,6)7)57(63)53(50-51)59(8,9)10/h49-50,63,67H,11-48H2,1-10H3. The Bertz CT molecular complexity index is 1360. The molecule has 7 nitrogen and oxygen atoms in total. The Labute approximate surface area is 415 Å². The first kappa shape index (κ1) is 62.8. The number of hydrogen-bond donors (Lipinski definition) is 2. The second-order valence-electron chi connectivity index (χ2n) is 22.4. The second kappa shape index (κ2) is 35.8. The molecule has 67 heavy (non-hydrogen) atoms. The van der Waals surface area contributed by atoms with E-state index in [0.717, 1.165) is 55.2 Å². The quantitative estimate of drug-likeness (QED) is 0.0497. The van der Waals surface area contributed by atoms with Crippen LogP contribution in [0.3, 0.4) is 0 Å². The van der Waals surface area contributed by atoms with Gasteiger partial charge in [0.1, 0.15) is 5.75 Å². The van der Waals surface area contributed by atoms with Crippen LogP contribution in [0.1, 0.15) is 311 Å². The predicted octanol–water partition coefficient (Wildman–Crippen LogP) is 18.7. The zero-order valence-electron chi connectivity index (χ0n) is 45.9. The van der Waals surface area contributed by atoms with Gasteiger partial charge in [0.15, 0.2) is 0 Å². The number of carbonyl (C=O) groups is 3. The van der Waals surface area contributed by atoms with Crippen molar-refractivity contribution in [2.24, 2.45) is 0 Å². The smallest absolute Gasteiger partial charge is 0.319 e. The molecule has 0 aliphatic heterocycles. The van der Waals surface area contributed by atoms with E-state index < -0.39 is 27.9 Å². The van der Waals surface area contributed by atoms with E-state index in [1.165, 1.54) is 154 Å². The lowest BCUT2D eigenvalue weighted by molar-refractivity contribution is -0.142. The van der Waals surface area contributed by atoms with Gasteiger partial charge in [-0.15, -0.1) is 0 Å². The number of rotatable bonds is 42. The van der Waals surface area contributed by atoms with E-state index in [4.69, 9.17) is 12.5 Å². The first-order valence-electron chi connectivity index (χ1n) is 28.5. The van der Waals surface area contributed by atoms with Crippen molar-refractivity contribution in [3.8, 4) is 5.75 Å². The van der Waals surface area contributed by atoms with Gasteiger partial charge in [0.2, 0.25) is 0 Å². The van der Waals surface area contributed by atoms with E-state index in [-0.39, 0.29) is 41.6 Å². The topological polar surface area (TPSA) is 99.1 Å². The summed E-state index contributed by atoms with van der Waals surface area (Å²) in [4.78, 5) is 41.3. The number of aryl methyl sites for hydroxylation is 1. The second-order valence-corrected chi connectivity index (χ2v) is 26.3. The molecule has 0 aliphatic rings. The van der Waals surface area contributed by atoms with Gasteiger partial charge >= 0.3 is 17.9 Å². The summed E-state index contributed by atoms with van der Waals surface area (Å²) < 4.78 is 19.5. The molecule has 0 aromatic heterocycles. The van der Waals surface area contributed by atoms with Gasteiger partial charge in [-0.25, -0.2) is 0 Å². The lowest BCUT2D eigenvalue weighted by Gasteiger charge is -2.59. The summed E-state index contributed by atoms with van der Waals surface area (Å²) in [6.45, 7) is 20.5. The fourth-order valence-corrected chi connectivity index (χ4v) is 13.7. The number of benzene rings is 1. The lowest BCUT2D eigenvalue weighted by Crippen LogP contribution is -2.39. The van der Waals surface area contributed by atoms with E-state index in [9.17, 15) is 19.5 Å². The van der Waals surface area contributed by atoms with Gasteiger partial charge in [-0.05, 0) is 46.8 Å². The lowest BCUT2D eigenvalue weighted by atomic mass is 9.78. The molecule has 1 rings (SSSR count). The highest BCUT2D eigenvalue weighted by Crippen LogP contribution is 2.74. The van der Waals surface area contributed by atoms with Crippen LogP contribution in [0.2, 0.25) is 0 Å². The third kappa shape index (κ3) is 28.3. The normalized spacial score (nSPS) is 12.8. The average Bonchev–Trinajstić information content (AvgIpc) is 3.27. The minimum atomic E-state index is -4.63. The van der Waals surface area contributed by atoms with E-state index in [2.05, 4.69) is 55.4 Å². The maximum absolute atomic E-state index is 14.3. The first-order valence-corrected chi connectivity index (χ1v) is 30.9. The Morgan fingerprint density at radius 2 is 0.672 bits per heavy atom. The van der Waals surface area contributed by atoms with Gasteiger partial charge in [-0.1, -0.05) is 274 Å². The van der Waals surface area contributed by atoms with Crippen LogP contribution in [0, 0.1) is 0 Å². The summed E-state index contributed by atoms with van der Waals surface area (Å²) in [5, 5.41) is 11.4. The van der Waals surface area contributed by atoms with Crippen molar-refractivity contribution in [3.63, 3.8) is 0 Å². The molecule has 1 aromatic rings. The molecule has 0 saturated carbocycles. The van der Waals surface area contributed by atoms with E-state index in [0.29, 0.717) is 25.0 Å². The van der Waals surface area contributed by atoms with Crippen LogP contribution in [-0.4, -0.2) is 34.5 Å². The minimum Gasteiger partial charge on any atom is -0.507 e. The summed E-state index contributed by atoms with van der Waals surface area (Å²) >= 11 is 0. The van der Waals surface area contributed by atoms with Crippen LogP contribution in [-0.2, 0) is 44.2 Å². The number of hydrogen-bond acceptors (Lipinski definition) is 7. The Morgan fingerprint density at radius 3 is 0.925 bits per heavy atom. The molecule has 0 unspecified atom stereocenters. The molecular weight excluding hydrogens is 853 g/mol. The van der Waals surface area contributed by atoms with Gasteiger partial charge < -0.3 is 17.7 Å². The third-order valence-corrected chi connectivity index (χ3v) is 18.0. The van der Waals surface area contributed by atoms with Gasteiger partial charge in [0.25, 0.3) is 0 Å². The molecule has 394 valence electrons. The van der Waals surface area contributed by atoms with Gasteiger partial charge in [0.05, 0.1) is 6.42 Å². The Balaban J connectivity index is 3.11. The fraction of sp³-hybridized carbons (Fsp3) is 0.847. The van der Waals surface area contributed by atoms with Gasteiger partial charge in [-0.3, -0.25) is 14.4 Å². The zero-order chi connectivity index (χ0) is 49.9. The summed E-state index contributed by atoms with van der Waals surface area (Å²) in [7, 11) is -4.63. The zero-order valence-corrected chi connectivity index (χ0v) is 46.8. The maximum Gasteiger partial charge on any atom is 0.319 e. The Kier molecular flexibility index (Phi) is 33.6. The summed E-state index contributed by atoms with van der Waals surface area (Å²) in [5.41, 5.74) is 1.98. The number of aromatic hydroxyl groups is 1. The summed E-state index contributed by atoms with van der Waals surface area (Å²) in [6, 6.07) is 4.00. The van der Waals surface area contributed by atoms with Crippen LogP contribution in [0.15, 0.2) is 12.1 Å². The van der Waals surface area contributed by atoms with Crippen LogP contribution in [0.5, 0.6) is 5.75 Å². The van der Waals surface area contributed by atoms with Gasteiger partial charge in [0, 0.05) is 34.4 Å². The highest BCUT2D eigenvalue weighted by molar-refractivity contribution is 8.39. The molecular formula is C59H110O7S. The molecule has 0 saturated heterocycles. The summed E-state index contributed by atoms with van der Waals surface area (Å²) in [6.07, 6.45) is 40.0. The molecule has 0 aliphatic carbocycles. The minimum absolute atomic E-state index is 0.0289. The molecule has 0 fully saturated rings. The molecule has 0 atom stereocenters. The third-order valence-electron chi connectivity index (χ3n) is 13.8. The Morgan fingerprint density at radius 1 is 0.418 bits per heavy atom. The van der Waals surface area contributed by atoms with Crippen molar-refractivity contribution in [1.29, 1.82) is 0 Å². The number of unbranched alkanes of at least 4 members (excludes halogenated alkanes) is 30.